The number of aromatic nitrogens is 2. The normalized spacial score (nSPS) is 13.1. The number of imidazole rings is 1. The van der Waals surface area contributed by atoms with Gasteiger partial charge < -0.3 is 15.4 Å². The van der Waals surface area contributed by atoms with Crippen molar-refractivity contribution < 1.29 is 5.11 Å². The van der Waals surface area contributed by atoms with Gasteiger partial charge in [-0.1, -0.05) is 6.92 Å². The van der Waals surface area contributed by atoms with Crippen molar-refractivity contribution >= 4 is 16.7 Å². The topological polar surface area (TPSA) is 64.1 Å². The molecule has 0 fully saturated rings. The van der Waals surface area contributed by atoms with Gasteiger partial charge in [0.2, 0.25) is 0 Å². The summed E-state index contributed by atoms with van der Waals surface area (Å²) in [5.74, 6) is 0.967. The van der Waals surface area contributed by atoms with Gasteiger partial charge in [0.25, 0.3) is 0 Å². The molecule has 1 aromatic carbocycles. The molecular weight excluding hydrogens is 214 g/mol. The van der Waals surface area contributed by atoms with Gasteiger partial charge >= 0.3 is 0 Å². The molecule has 2 rings (SSSR count). The third-order valence-electron chi connectivity index (χ3n) is 3.12. The number of fused-ring (bicyclic) bond motifs is 1. The first kappa shape index (κ1) is 11.9. The maximum atomic E-state index is 9.61. The highest BCUT2D eigenvalue weighted by molar-refractivity contribution is 5.79. The number of anilines is 1. The Morgan fingerprint density at radius 2 is 2.24 bits per heavy atom. The Morgan fingerprint density at radius 1 is 1.47 bits per heavy atom. The van der Waals surface area contributed by atoms with Crippen LogP contribution < -0.4 is 5.73 Å². The molecule has 1 unspecified atom stereocenters. The van der Waals surface area contributed by atoms with Crippen molar-refractivity contribution in [1.29, 1.82) is 0 Å². The molecule has 0 aliphatic heterocycles. The van der Waals surface area contributed by atoms with Crippen molar-refractivity contribution in [2.75, 3.05) is 5.73 Å². The first-order valence-electron chi connectivity index (χ1n) is 6.02. The van der Waals surface area contributed by atoms with Gasteiger partial charge in [0, 0.05) is 12.2 Å². The number of rotatable bonds is 4. The Labute approximate surface area is 101 Å². The fourth-order valence-corrected chi connectivity index (χ4v) is 2.03. The first-order valence-corrected chi connectivity index (χ1v) is 6.02. The van der Waals surface area contributed by atoms with Crippen LogP contribution in [0.2, 0.25) is 0 Å². The quantitative estimate of drug-likeness (QED) is 0.795. The number of nitrogen functional groups attached to an aromatic ring is 1. The molecule has 1 heterocycles. The first-order chi connectivity index (χ1) is 8.11. The van der Waals surface area contributed by atoms with E-state index in [1.807, 2.05) is 32.0 Å². The molecule has 1 atom stereocenters. The average Bonchev–Trinajstić information content (AvgIpc) is 2.61. The number of benzene rings is 1. The molecule has 0 amide bonds. The van der Waals surface area contributed by atoms with Crippen molar-refractivity contribution in [2.24, 2.45) is 0 Å². The van der Waals surface area contributed by atoms with E-state index in [1.54, 1.807) is 0 Å². The molecule has 0 aliphatic rings. The Morgan fingerprint density at radius 3 is 2.94 bits per heavy atom. The fourth-order valence-electron chi connectivity index (χ4n) is 2.03. The lowest BCUT2D eigenvalue weighted by Gasteiger charge is -2.10. The van der Waals surface area contributed by atoms with Crippen molar-refractivity contribution in [2.45, 2.75) is 39.3 Å². The van der Waals surface area contributed by atoms with E-state index < -0.39 is 0 Å². The number of hydrogen-bond donors (Lipinski definition) is 2. The summed E-state index contributed by atoms with van der Waals surface area (Å²) in [7, 11) is 0. The molecule has 4 nitrogen and oxygen atoms in total. The molecule has 0 radical (unpaired) electrons. The Bertz CT molecular complexity index is 519. The minimum atomic E-state index is -0.236. The summed E-state index contributed by atoms with van der Waals surface area (Å²) in [4.78, 5) is 4.48. The summed E-state index contributed by atoms with van der Waals surface area (Å²) >= 11 is 0. The van der Waals surface area contributed by atoms with Crippen molar-refractivity contribution in [3.05, 3.63) is 24.0 Å². The minimum absolute atomic E-state index is 0.236. The van der Waals surface area contributed by atoms with Gasteiger partial charge in [-0.2, -0.15) is 0 Å². The van der Waals surface area contributed by atoms with Crippen LogP contribution in [0.1, 0.15) is 25.6 Å². The minimum Gasteiger partial charge on any atom is -0.399 e. The Hall–Kier alpha value is -1.55. The van der Waals surface area contributed by atoms with Crippen LogP contribution in [0, 0.1) is 6.92 Å². The maximum absolute atomic E-state index is 9.61. The Kier molecular flexibility index (Phi) is 3.33. The van der Waals surface area contributed by atoms with Crippen LogP contribution in [-0.2, 0) is 6.54 Å². The van der Waals surface area contributed by atoms with Crippen LogP contribution in [0.4, 0.5) is 5.69 Å². The van der Waals surface area contributed by atoms with Gasteiger partial charge in [-0.25, -0.2) is 4.98 Å². The van der Waals surface area contributed by atoms with Crippen molar-refractivity contribution in [3.63, 3.8) is 0 Å². The molecule has 4 heteroatoms. The van der Waals surface area contributed by atoms with E-state index in [0.717, 1.165) is 41.9 Å². The molecule has 1 aromatic heterocycles. The molecule has 0 saturated carbocycles. The SMILES string of the molecule is CCC(O)CCn1c(C)nc2cc(N)ccc21. The number of aliphatic hydroxyl groups excluding tert-OH is 1. The fraction of sp³-hybridized carbons (Fsp3) is 0.462. The molecule has 0 bridgehead atoms. The van der Waals surface area contributed by atoms with Gasteiger partial charge in [0.05, 0.1) is 17.1 Å². The second kappa shape index (κ2) is 4.75. The van der Waals surface area contributed by atoms with E-state index >= 15 is 0 Å². The van der Waals surface area contributed by atoms with E-state index in [2.05, 4.69) is 9.55 Å². The lowest BCUT2D eigenvalue weighted by atomic mass is 10.2. The molecule has 0 spiro atoms. The summed E-state index contributed by atoms with van der Waals surface area (Å²) in [5, 5.41) is 9.61. The van der Waals surface area contributed by atoms with E-state index in [1.165, 1.54) is 0 Å². The highest BCUT2D eigenvalue weighted by Crippen LogP contribution is 2.19. The van der Waals surface area contributed by atoms with Gasteiger partial charge in [-0.3, -0.25) is 0 Å². The number of nitrogens with zero attached hydrogens (tertiary/aromatic N) is 2. The lowest BCUT2D eigenvalue weighted by molar-refractivity contribution is 0.154. The van der Waals surface area contributed by atoms with E-state index in [9.17, 15) is 5.11 Å². The van der Waals surface area contributed by atoms with Gasteiger partial charge in [-0.05, 0) is 38.0 Å². The monoisotopic (exact) mass is 233 g/mol. The third kappa shape index (κ3) is 2.42. The lowest BCUT2D eigenvalue weighted by Crippen LogP contribution is -2.10. The highest BCUT2D eigenvalue weighted by atomic mass is 16.3. The van der Waals surface area contributed by atoms with Gasteiger partial charge in [-0.15, -0.1) is 0 Å². The molecule has 0 aliphatic carbocycles. The van der Waals surface area contributed by atoms with Crippen molar-refractivity contribution in [3.8, 4) is 0 Å². The number of hydrogen-bond acceptors (Lipinski definition) is 3. The highest BCUT2D eigenvalue weighted by Gasteiger charge is 2.09. The van der Waals surface area contributed by atoms with Crippen LogP contribution >= 0.6 is 0 Å². The predicted molar refractivity (Wildman–Crippen MR) is 69.8 cm³/mol. The molecule has 3 N–H and O–H groups in total. The number of nitrogens with two attached hydrogens (primary N) is 1. The van der Waals surface area contributed by atoms with Gasteiger partial charge in [0.1, 0.15) is 5.82 Å². The van der Waals surface area contributed by atoms with Crippen LogP contribution in [0.25, 0.3) is 11.0 Å². The van der Waals surface area contributed by atoms with E-state index in [-0.39, 0.29) is 6.10 Å². The predicted octanol–water partition coefficient (Wildman–Crippen LogP) is 2.09. The van der Waals surface area contributed by atoms with E-state index in [4.69, 9.17) is 5.73 Å². The summed E-state index contributed by atoms with van der Waals surface area (Å²) in [6, 6.07) is 5.76. The zero-order valence-corrected chi connectivity index (χ0v) is 10.3. The summed E-state index contributed by atoms with van der Waals surface area (Å²) in [6.07, 6.45) is 1.31. The largest absolute Gasteiger partial charge is 0.399 e. The summed E-state index contributed by atoms with van der Waals surface area (Å²) < 4.78 is 2.13. The van der Waals surface area contributed by atoms with E-state index in [0.29, 0.717) is 0 Å². The summed E-state index contributed by atoms with van der Waals surface area (Å²) in [5.41, 5.74) is 8.48. The van der Waals surface area contributed by atoms with Crippen LogP contribution in [0.3, 0.4) is 0 Å². The second-order valence-electron chi connectivity index (χ2n) is 4.41. The van der Waals surface area contributed by atoms with Gasteiger partial charge in [0.15, 0.2) is 0 Å². The second-order valence-corrected chi connectivity index (χ2v) is 4.41. The molecule has 92 valence electrons. The van der Waals surface area contributed by atoms with Crippen LogP contribution in [-0.4, -0.2) is 20.8 Å². The summed E-state index contributed by atoms with van der Waals surface area (Å²) in [6.45, 7) is 4.76. The molecular formula is C13H19N3O. The Balaban J connectivity index is 2.30. The standard InChI is InChI=1S/C13H19N3O/c1-3-11(17)6-7-16-9(2)15-12-8-10(14)4-5-13(12)16/h4-5,8,11,17H,3,6-7,14H2,1-2H3. The van der Waals surface area contributed by atoms with Crippen LogP contribution in [0.5, 0.6) is 0 Å². The molecule has 17 heavy (non-hydrogen) atoms. The molecule has 0 saturated heterocycles. The zero-order chi connectivity index (χ0) is 12.4. The third-order valence-corrected chi connectivity index (χ3v) is 3.12. The number of aryl methyl sites for hydroxylation is 2. The smallest absolute Gasteiger partial charge is 0.106 e. The number of aliphatic hydroxyl groups is 1. The molecule has 2 aromatic rings. The van der Waals surface area contributed by atoms with Crippen LogP contribution in [0.15, 0.2) is 18.2 Å². The maximum Gasteiger partial charge on any atom is 0.106 e. The zero-order valence-electron chi connectivity index (χ0n) is 10.3. The average molecular weight is 233 g/mol. The van der Waals surface area contributed by atoms with Crippen molar-refractivity contribution in [1.82, 2.24) is 9.55 Å².